The van der Waals surface area contributed by atoms with Gasteiger partial charge in [0, 0.05) is 12.3 Å². The maximum atomic E-state index is 12.4. The van der Waals surface area contributed by atoms with Crippen LogP contribution < -0.4 is 0 Å². The molecule has 1 rings (SSSR count). The minimum absolute atomic E-state index is 0.122. The van der Waals surface area contributed by atoms with E-state index < -0.39 is 23.5 Å². The van der Waals surface area contributed by atoms with E-state index in [4.69, 9.17) is 5.11 Å². The quantitative estimate of drug-likeness (QED) is 0.381. The summed E-state index contributed by atoms with van der Waals surface area (Å²) in [4.78, 5) is 14.9. The Morgan fingerprint density at radius 3 is 2.79 bits per heavy atom. The zero-order valence-corrected chi connectivity index (χ0v) is 9.73. The van der Waals surface area contributed by atoms with Gasteiger partial charge in [-0.2, -0.15) is 18.3 Å². The number of ether oxygens (including phenoxy) is 1. The molecule has 0 radical (unpaired) electrons. The van der Waals surface area contributed by atoms with Gasteiger partial charge < -0.3 is 9.84 Å². The SMILES string of the molecule is CCOC(=O)C(/C=N/c1ccn[nH]1)=C(/O)C(F)(F)F. The van der Waals surface area contributed by atoms with Crippen molar-refractivity contribution in [1.82, 2.24) is 10.2 Å². The summed E-state index contributed by atoms with van der Waals surface area (Å²) in [6.45, 7) is 1.29. The second-order valence-electron chi connectivity index (χ2n) is 3.18. The van der Waals surface area contributed by atoms with Crippen molar-refractivity contribution < 1.29 is 27.8 Å². The first-order chi connectivity index (χ1) is 8.86. The lowest BCUT2D eigenvalue weighted by molar-refractivity contribution is -0.141. The molecule has 104 valence electrons. The number of carbonyl (C=O) groups excluding carboxylic acids is 1. The van der Waals surface area contributed by atoms with Crippen LogP contribution in [0.5, 0.6) is 0 Å². The third-order valence-corrected chi connectivity index (χ3v) is 1.84. The molecule has 1 heterocycles. The van der Waals surface area contributed by atoms with E-state index in [2.05, 4.69) is 19.9 Å². The van der Waals surface area contributed by atoms with Gasteiger partial charge in [-0.25, -0.2) is 9.79 Å². The Kier molecular flexibility index (Phi) is 4.67. The molecule has 0 saturated carbocycles. The molecule has 0 aliphatic carbocycles. The van der Waals surface area contributed by atoms with Gasteiger partial charge in [-0.15, -0.1) is 0 Å². The maximum Gasteiger partial charge on any atom is 0.449 e. The smallest absolute Gasteiger partial charge is 0.449 e. The summed E-state index contributed by atoms with van der Waals surface area (Å²) in [5, 5.41) is 14.9. The number of alkyl halides is 3. The van der Waals surface area contributed by atoms with E-state index in [9.17, 15) is 18.0 Å². The lowest BCUT2D eigenvalue weighted by atomic mass is 10.2. The number of aromatic amines is 1. The van der Waals surface area contributed by atoms with Crippen molar-refractivity contribution in [3.63, 3.8) is 0 Å². The zero-order valence-electron chi connectivity index (χ0n) is 9.73. The highest BCUT2D eigenvalue weighted by atomic mass is 19.4. The zero-order chi connectivity index (χ0) is 14.5. The van der Waals surface area contributed by atoms with E-state index in [0.717, 1.165) is 0 Å². The summed E-state index contributed by atoms with van der Waals surface area (Å²) < 4.78 is 41.5. The number of aromatic nitrogens is 2. The average Bonchev–Trinajstić information content (AvgIpc) is 2.81. The largest absolute Gasteiger partial charge is 0.504 e. The highest BCUT2D eigenvalue weighted by Gasteiger charge is 2.38. The van der Waals surface area contributed by atoms with E-state index in [-0.39, 0.29) is 12.4 Å². The molecule has 0 amide bonds. The highest BCUT2D eigenvalue weighted by Crippen LogP contribution is 2.26. The number of halogens is 3. The minimum Gasteiger partial charge on any atom is -0.504 e. The fraction of sp³-hybridized carbons (Fsp3) is 0.300. The Balaban J connectivity index is 3.10. The molecular weight excluding hydrogens is 267 g/mol. The number of esters is 1. The van der Waals surface area contributed by atoms with E-state index >= 15 is 0 Å². The van der Waals surface area contributed by atoms with E-state index in [1.54, 1.807) is 0 Å². The Hall–Kier alpha value is -2.32. The van der Waals surface area contributed by atoms with Gasteiger partial charge in [-0.05, 0) is 6.92 Å². The number of hydrogen-bond donors (Lipinski definition) is 2. The Morgan fingerprint density at radius 1 is 1.63 bits per heavy atom. The highest BCUT2D eigenvalue weighted by molar-refractivity contribution is 6.10. The number of rotatable bonds is 4. The minimum atomic E-state index is -5.07. The van der Waals surface area contributed by atoms with Gasteiger partial charge in [-0.1, -0.05) is 0 Å². The number of hydrogen-bond acceptors (Lipinski definition) is 5. The fourth-order valence-corrected chi connectivity index (χ4v) is 1.03. The number of aliphatic hydroxyl groups excluding tert-OH is 1. The molecule has 0 unspecified atom stereocenters. The number of nitrogens with one attached hydrogen (secondary N) is 1. The molecule has 0 saturated heterocycles. The molecular formula is C10H10F3N3O3. The number of carbonyl (C=O) groups is 1. The average molecular weight is 277 g/mol. The third-order valence-electron chi connectivity index (χ3n) is 1.84. The lowest BCUT2D eigenvalue weighted by Gasteiger charge is -2.08. The number of nitrogens with zero attached hydrogens (tertiary/aromatic N) is 2. The van der Waals surface area contributed by atoms with E-state index in [1.807, 2.05) is 0 Å². The van der Waals surface area contributed by atoms with Crippen LogP contribution >= 0.6 is 0 Å². The van der Waals surface area contributed by atoms with E-state index in [0.29, 0.717) is 6.21 Å². The van der Waals surface area contributed by atoms with Crippen molar-refractivity contribution in [2.45, 2.75) is 13.1 Å². The maximum absolute atomic E-state index is 12.4. The number of H-pyrrole nitrogens is 1. The van der Waals surface area contributed by atoms with Crippen LogP contribution in [0.1, 0.15) is 6.92 Å². The summed E-state index contributed by atoms with van der Waals surface area (Å²) >= 11 is 0. The molecule has 19 heavy (non-hydrogen) atoms. The molecule has 2 N–H and O–H groups in total. The van der Waals surface area contributed by atoms with Crippen molar-refractivity contribution in [1.29, 1.82) is 0 Å². The summed E-state index contributed by atoms with van der Waals surface area (Å²) in [6.07, 6.45) is -3.18. The second kappa shape index (κ2) is 6.03. The third kappa shape index (κ3) is 4.12. The summed E-state index contributed by atoms with van der Waals surface area (Å²) in [6, 6.07) is 1.36. The summed E-state index contributed by atoms with van der Waals surface area (Å²) in [7, 11) is 0. The molecule has 0 aromatic carbocycles. The topological polar surface area (TPSA) is 87.6 Å². The van der Waals surface area contributed by atoms with Crippen LogP contribution in [-0.4, -0.2) is 40.3 Å². The van der Waals surface area contributed by atoms with Crippen LogP contribution in [0.15, 0.2) is 28.6 Å². The van der Waals surface area contributed by atoms with Crippen LogP contribution in [0.25, 0.3) is 0 Å². The molecule has 1 aromatic rings. The Bertz CT molecular complexity index is 492. The standard InChI is InChI=1S/C10H10F3N3O3/c1-2-19-9(18)6(8(17)10(11,12)13)5-14-7-3-4-15-16-7/h3-5,17H,2H2,1H3,(H,15,16)/b8-6+,14-5+. The normalized spacial score (nSPS) is 13.5. The van der Waals surface area contributed by atoms with Gasteiger partial charge in [0.25, 0.3) is 0 Å². The van der Waals surface area contributed by atoms with Crippen molar-refractivity contribution >= 4 is 18.0 Å². The van der Waals surface area contributed by atoms with Gasteiger partial charge in [0.05, 0.1) is 12.8 Å². The molecule has 0 aliphatic rings. The monoisotopic (exact) mass is 277 g/mol. The van der Waals surface area contributed by atoms with Crippen LogP contribution in [0.2, 0.25) is 0 Å². The van der Waals surface area contributed by atoms with Gasteiger partial charge >= 0.3 is 12.1 Å². The molecule has 0 fully saturated rings. The first-order valence-electron chi connectivity index (χ1n) is 5.07. The van der Waals surface area contributed by atoms with Crippen LogP contribution in [0, 0.1) is 0 Å². The lowest BCUT2D eigenvalue weighted by Crippen LogP contribution is -2.20. The molecule has 0 aliphatic heterocycles. The summed E-state index contributed by atoms with van der Waals surface area (Å²) in [5.41, 5.74) is -1.08. The first-order valence-corrected chi connectivity index (χ1v) is 5.07. The molecule has 0 bridgehead atoms. The van der Waals surface area contributed by atoms with Gasteiger partial charge in [0.15, 0.2) is 0 Å². The van der Waals surface area contributed by atoms with Gasteiger partial charge in [0.1, 0.15) is 11.4 Å². The van der Waals surface area contributed by atoms with Crippen molar-refractivity contribution in [2.24, 2.45) is 4.99 Å². The second-order valence-corrected chi connectivity index (χ2v) is 3.18. The molecule has 0 atom stereocenters. The predicted molar refractivity (Wildman–Crippen MR) is 59.1 cm³/mol. The molecule has 1 aromatic heterocycles. The van der Waals surface area contributed by atoms with Crippen LogP contribution in [0.4, 0.5) is 19.0 Å². The van der Waals surface area contributed by atoms with Gasteiger partial charge in [-0.3, -0.25) is 5.10 Å². The van der Waals surface area contributed by atoms with E-state index in [1.165, 1.54) is 19.2 Å². The Morgan fingerprint density at radius 2 is 2.32 bits per heavy atom. The predicted octanol–water partition coefficient (Wildman–Crippen LogP) is 2.05. The number of aliphatic imine (C=N–C) groups is 1. The van der Waals surface area contributed by atoms with Crippen LogP contribution in [-0.2, 0) is 9.53 Å². The number of aliphatic hydroxyl groups is 1. The molecule has 9 heteroatoms. The number of allylic oxidation sites excluding steroid dienone is 1. The van der Waals surface area contributed by atoms with Crippen molar-refractivity contribution in [3.05, 3.63) is 23.6 Å². The fourth-order valence-electron chi connectivity index (χ4n) is 1.03. The van der Waals surface area contributed by atoms with Crippen LogP contribution in [0.3, 0.4) is 0 Å². The van der Waals surface area contributed by atoms with Crippen molar-refractivity contribution in [3.8, 4) is 0 Å². The Labute approximate surface area is 105 Å². The first kappa shape index (κ1) is 14.7. The summed E-state index contributed by atoms with van der Waals surface area (Å²) in [5.74, 6) is -3.26. The molecule has 6 nitrogen and oxygen atoms in total. The van der Waals surface area contributed by atoms with Gasteiger partial charge in [0.2, 0.25) is 5.76 Å². The molecule has 0 spiro atoms. The van der Waals surface area contributed by atoms with Crippen molar-refractivity contribution in [2.75, 3.05) is 6.61 Å².